The molecule has 0 unspecified atom stereocenters. The van der Waals surface area contributed by atoms with Crippen molar-refractivity contribution in [1.29, 1.82) is 0 Å². The fourth-order valence-corrected chi connectivity index (χ4v) is 6.98. The molecule has 0 saturated carbocycles. The molecule has 2 aromatic carbocycles. The number of anilines is 1. The van der Waals surface area contributed by atoms with Crippen molar-refractivity contribution in [3.63, 3.8) is 0 Å². The molecule has 7 heteroatoms. The number of para-hydroxylation sites is 1. The van der Waals surface area contributed by atoms with Crippen LogP contribution in [0.5, 0.6) is 0 Å². The Hall–Kier alpha value is -3.45. The Morgan fingerprint density at radius 1 is 1.11 bits per heavy atom. The number of carboxylic acids is 1. The van der Waals surface area contributed by atoms with Crippen molar-refractivity contribution in [1.82, 2.24) is 0 Å². The molecular weight excluding hydrogens is 484 g/mol. The van der Waals surface area contributed by atoms with Crippen LogP contribution >= 0.6 is 11.3 Å². The lowest BCUT2D eigenvalue weighted by Crippen LogP contribution is -2.44. The van der Waals surface area contributed by atoms with Crippen molar-refractivity contribution in [2.45, 2.75) is 57.9 Å². The highest BCUT2D eigenvalue weighted by Crippen LogP contribution is 2.51. The molecule has 0 aliphatic carbocycles. The first kappa shape index (κ1) is 23.9. The third-order valence-electron chi connectivity index (χ3n) is 8.09. The minimum atomic E-state index is -0.911. The van der Waals surface area contributed by atoms with Crippen molar-refractivity contribution in [3.05, 3.63) is 68.5 Å². The second-order valence-electron chi connectivity index (χ2n) is 11.5. The number of hydrogen-bond acceptors (Lipinski definition) is 5. The lowest BCUT2D eigenvalue weighted by atomic mass is 9.69. The van der Waals surface area contributed by atoms with Gasteiger partial charge in [0.25, 0.3) is 5.01 Å². The Balaban J connectivity index is 1.52. The average Bonchev–Trinajstić information content (AvgIpc) is 3.17. The predicted molar refractivity (Wildman–Crippen MR) is 149 cm³/mol. The second kappa shape index (κ2) is 8.28. The van der Waals surface area contributed by atoms with Gasteiger partial charge in [-0.2, -0.15) is 4.57 Å². The standard InChI is InChI=1S/C30H30N2O4S/c1-29(2)11-13-31-14-12-30(3,4)25-26(31)20(29)16-19-15-18(28(35)36-27(19)25)9-10-23-32(17-24(33)34)21-7-5-6-8-22(21)37-23/h5-10,15-16H,11-14,17H2,1-4H3/p+1. The van der Waals surface area contributed by atoms with Gasteiger partial charge in [0.2, 0.25) is 12.1 Å². The summed E-state index contributed by atoms with van der Waals surface area (Å²) in [7, 11) is 0. The number of aromatic nitrogens is 1. The lowest BCUT2D eigenvalue weighted by molar-refractivity contribution is -0.657. The van der Waals surface area contributed by atoms with E-state index in [1.165, 1.54) is 22.6 Å². The highest BCUT2D eigenvalue weighted by molar-refractivity contribution is 7.18. The van der Waals surface area contributed by atoms with E-state index in [1.807, 2.05) is 36.4 Å². The third kappa shape index (κ3) is 3.87. The summed E-state index contributed by atoms with van der Waals surface area (Å²) in [5, 5.41) is 11.2. The van der Waals surface area contributed by atoms with E-state index in [4.69, 9.17) is 4.42 Å². The van der Waals surface area contributed by atoms with Crippen molar-refractivity contribution < 1.29 is 18.9 Å². The maximum Gasteiger partial charge on any atom is 0.370 e. The fourth-order valence-electron chi connectivity index (χ4n) is 5.92. The SMILES string of the molecule is CC1(C)CCN2CCC(C)(C)c3c2c1cc1cc(/C=C/c2sc4ccccc4[n+]2CC(=O)O)c(=O)oc31. The van der Waals surface area contributed by atoms with E-state index < -0.39 is 5.97 Å². The van der Waals surface area contributed by atoms with E-state index in [-0.39, 0.29) is 23.0 Å². The number of rotatable bonds is 4. The molecule has 2 aliphatic heterocycles. The molecule has 6 rings (SSSR count). The van der Waals surface area contributed by atoms with E-state index in [0.29, 0.717) is 11.1 Å². The van der Waals surface area contributed by atoms with Gasteiger partial charge in [-0.1, -0.05) is 51.2 Å². The zero-order valence-electron chi connectivity index (χ0n) is 21.6. The van der Waals surface area contributed by atoms with Gasteiger partial charge in [-0.15, -0.1) is 0 Å². The minimum absolute atomic E-state index is 0.0355. The zero-order chi connectivity index (χ0) is 26.1. The molecule has 4 heterocycles. The van der Waals surface area contributed by atoms with Crippen LogP contribution in [0.1, 0.15) is 62.2 Å². The van der Waals surface area contributed by atoms with E-state index >= 15 is 0 Å². The fraction of sp³-hybridized carbons (Fsp3) is 0.367. The Labute approximate surface area is 219 Å². The lowest BCUT2D eigenvalue weighted by Gasteiger charge is -2.48. The second-order valence-corrected chi connectivity index (χ2v) is 12.6. The van der Waals surface area contributed by atoms with Crippen LogP contribution in [0, 0.1) is 0 Å². The van der Waals surface area contributed by atoms with Crippen LogP contribution in [-0.2, 0) is 22.2 Å². The van der Waals surface area contributed by atoms with E-state index in [1.54, 1.807) is 10.6 Å². The highest BCUT2D eigenvalue weighted by atomic mass is 32.1. The molecule has 0 amide bonds. The first-order valence-electron chi connectivity index (χ1n) is 12.8. The van der Waals surface area contributed by atoms with Gasteiger partial charge in [0, 0.05) is 41.9 Å². The molecule has 2 aliphatic rings. The highest BCUT2D eigenvalue weighted by Gasteiger charge is 2.41. The number of aliphatic carboxylic acids is 1. The van der Waals surface area contributed by atoms with E-state index in [2.05, 4.69) is 38.7 Å². The van der Waals surface area contributed by atoms with Crippen molar-refractivity contribution in [2.75, 3.05) is 18.0 Å². The van der Waals surface area contributed by atoms with Crippen molar-refractivity contribution in [2.24, 2.45) is 0 Å². The molecule has 37 heavy (non-hydrogen) atoms. The molecule has 1 N–H and O–H groups in total. The Bertz CT molecular complexity index is 1670. The van der Waals surface area contributed by atoms with Gasteiger partial charge in [0.1, 0.15) is 10.3 Å². The number of thiazole rings is 1. The maximum absolute atomic E-state index is 13.2. The first-order valence-corrected chi connectivity index (χ1v) is 13.6. The third-order valence-corrected chi connectivity index (χ3v) is 9.22. The summed E-state index contributed by atoms with van der Waals surface area (Å²) in [6.45, 7) is 11.0. The number of nitrogens with zero attached hydrogens (tertiary/aromatic N) is 2. The summed E-state index contributed by atoms with van der Waals surface area (Å²) >= 11 is 1.50. The predicted octanol–water partition coefficient (Wildman–Crippen LogP) is 5.72. The number of carboxylic acid groups (broad SMARTS) is 1. The monoisotopic (exact) mass is 515 g/mol. The normalized spacial score (nSPS) is 18.0. The van der Waals surface area contributed by atoms with Gasteiger partial charge >= 0.3 is 11.6 Å². The topological polar surface area (TPSA) is 74.6 Å². The molecule has 0 fully saturated rings. The van der Waals surface area contributed by atoms with Crippen molar-refractivity contribution in [3.8, 4) is 0 Å². The van der Waals surface area contributed by atoms with Gasteiger partial charge in [-0.25, -0.2) is 9.59 Å². The first-order chi connectivity index (χ1) is 17.5. The Morgan fingerprint density at radius 3 is 2.59 bits per heavy atom. The number of benzene rings is 2. The average molecular weight is 516 g/mol. The van der Waals surface area contributed by atoms with Crippen LogP contribution in [0.2, 0.25) is 0 Å². The molecule has 2 aromatic heterocycles. The summed E-state index contributed by atoms with van der Waals surface area (Å²) < 4.78 is 8.84. The van der Waals surface area contributed by atoms with Gasteiger partial charge in [-0.05, 0) is 53.5 Å². The molecule has 4 aromatic rings. The summed E-state index contributed by atoms with van der Waals surface area (Å²) in [6, 6.07) is 11.9. The summed E-state index contributed by atoms with van der Waals surface area (Å²) in [6.07, 6.45) is 5.68. The Kier molecular flexibility index (Phi) is 5.35. The molecule has 0 bridgehead atoms. The van der Waals surface area contributed by atoms with Gasteiger partial charge < -0.3 is 14.4 Å². The molecule has 0 radical (unpaired) electrons. The number of carbonyl (C=O) groups is 1. The van der Waals surface area contributed by atoms with Crippen LogP contribution in [-0.4, -0.2) is 24.2 Å². The number of fused-ring (bicyclic) bond motifs is 3. The molecular formula is C30H31N2O4S+. The molecule has 0 saturated heterocycles. The minimum Gasteiger partial charge on any atom is -0.477 e. The summed E-state index contributed by atoms with van der Waals surface area (Å²) in [5.41, 5.74) is 5.29. The van der Waals surface area contributed by atoms with E-state index in [0.717, 1.165) is 52.1 Å². The van der Waals surface area contributed by atoms with Gasteiger partial charge in [-0.3, -0.25) is 0 Å². The quantitative estimate of drug-likeness (QED) is 0.278. The van der Waals surface area contributed by atoms with Gasteiger partial charge in [0.05, 0.1) is 5.56 Å². The largest absolute Gasteiger partial charge is 0.477 e. The van der Waals surface area contributed by atoms with Gasteiger partial charge in [0.15, 0.2) is 0 Å². The van der Waals surface area contributed by atoms with Crippen LogP contribution in [0.25, 0.3) is 33.3 Å². The van der Waals surface area contributed by atoms with Crippen LogP contribution in [0.3, 0.4) is 0 Å². The zero-order valence-corrected chi connectivity index (χ0v) is 22.4. The Morgan fingerprint density at radius 2 is 1.84 bits per heavy atom. The van der Waals surface area contributed by atoms with Crippen molar-refractivity contribution >= 4 is 56.3 Å². The molecule has 0 spiro atoms. The molecule has 6 nitrogen and oxygen atoms in total. The summed E-state index contributed by atoms with van der Waals surface area (Å²) in [4.78, 5) is 27.2. The van der Waals surface area contributed by atoms with Crippen LogP contribution in [0.4, 0.5) is 5.69 Å². The van der Waals surface area contributed by atoms with E-state index in [9.17, 15) is 14.7 Å². The van der Waals surface area contributed by atoms with Crippen LogP contribution < -0.4 is 15.1 Å². The van der Waals surface area contributed by atoms with Crippen LogP contribution in [0.15, 0.2) is 45.6 Å². The molecule has 190 valence electrons. The smallest absolute Gasteiger partial charge is 0.370 e. The summed E-state index contributed by atoms with van der Waals surface area (Å²) in [5.74, 6) is -0.911. The number of hydrogen-bond donors (Lipinski definition) is 1. The molecule has 0 atom stereocenters. The maximum atomic E-state index is 13.2.